The molecule has 1 aromatic heterocycles. The number of thiophene rings is 1. The molecule has 1 heterocycles. The van der Waals surface area contributed by atoms with E-state index in [0.717, 1.165) is 10.4 Å². The fraction of sp³-hybridized carbons (Fsp3) is 0.389. The van der Waals surface area contributed by atoms with Crippen LogP contribution in [0.1, 0.15) is 23.4 Å². The zero-order valence-corrected chi connectivity index (χ0v) is 15.5. The fourth-order valence-electron chi connectivity index (χ4n) is 2.53. The van der Waals surface area contributed by atoms with Crippen LogP contribution in [0.2, 0.25) is 0 Å². The molecule has 0 aliphatic carbocycles. The third kappa shape index (κ3) is 3.64. The lowest BCUT2D eigenvalue weighted by molar-refractivity contribution is -0.131. The van der Waals surface area contributed by atoms with Gasteiger partial charge in [-0.3, -0.25) is 4.79 Å². The minimum Gasteiger partial charge on any atom is -0.493 e. The second-order valence-corrected chi connectivity index (χ2v) is 6.35. The number of hydrogen-bond acceptors (Lipinski definition) is 5. The SMILES string of the molecule is COc1ccc(CC(=O)N(C)C(C)c2cccs2)c(OC)c1OC. The highest BCUT2D eigenvalue weighted by Crippen LogP contribution is 2.40. The molecule has 0 bridgehead atoms. The van der Waals surface area contributed by atoms with Crippen LogP contribution in [0, 0.1) is 0 Å². The van der Waals surface area contributed by atoms with Gasteiger partial charge in [0.2, 0.25) is 11.7 Å². The molecule has 0 saturated carbocycles. The molecule has 0 spiro atoms. The van der Waals surface area contributed by atoms with E-state index in [1.807, 2.05) is 37.6 Å². The first-order valence-corrected chi connectivity index (χ1v) is 8.48. The molecule has 1 aromatic carbocycles. The average Bonchev–Trinajstić information content (AvgIpc) is 3.14. The van der Waals surface area contributed by atoms with E-state index in [4.69, 9.17) is 14.2 Å². The number of amides is 1. The van der Waals surface area contributed by atoms with Crippen molar-refractivity contribution in [3.8, 4) is 17.2 Å². The van der Waals surface area contributed by atoms with Gasteiger partial charge in [0.15, 0.2) is 11.5 Å². The normalized spacial score (nSPS) is 11.7. The number of rotatable bonds is 7. The van der Waals surface area contributed by atoms with Crippen molar-refractivity contribution >= 4 is 17.2 Å². The summed E-state index contributed by atoms with van der Waals surface area (Å²) in [4.78, 5) is 15.6. The Morgan fingerprint density at radius 3 is 2.38 bits per heavy atom. The third-order valence-electron chi connectivity index (χ3n) is 4.06. The molecule has 0 aliphatic rings. The molecule has 24 heavy (non-hydrogen) atoms. The highest BCUT2D eigenvalue weighted by Gasteiger charge is 2.22. The molecule has 2 aromatic rings. The number of nitrogens with zero attached hydrogens (tertiary/aromatic N) is 1. The lowest BCUT2D eigenvalue weighted by Gasteiger charge is -2.25. The van der Waals surface area contributed by atoms with Crippen LogP contribution < -0.4 is 14.2 Å². The first-order chi connectivity index (χ1) is 11.5. The maximum absolute atomic E-state index is 12.7. The molecule has 5 nitrogen and oxygen atoms in total. The summed E-state index contributed by atoms with van der Waals surface area (Å²) in [6.07, 6.45) is 0.232. The Morgan fingerprint density at radius 1 is 1.12 bits per heavy atom. The van der Waals surface area contributed by atoms with Crippen LogP contribution in [-0.4, -0.2) is 39.2 Å². The summed E-state index contributed by atoms with van der Waals surface area (Å²) in [6, 6.07) is 7.68. The molecule has 0 N–H and O–H groups in total. The predicted octanol–water partition coefficient (Wildman–Crippen LogP) is 3.54. The van der Waals surface area contributed by atoms with E-state index in [0.29, 0.717) is 17.2 Å². The van der Waals surface area contributed by atoms with Gasteiger partial charge in [-0.2, -0.15) is 0 Å². The van der Waals surface area contributed by atoms with Gasteiger partial charge in [-0.1, -0.05) is 12.1 Å². The van der Waals surface area contributed by atoms with E-state index in [2.05, 4.69) is 0 Å². The summed E-state index contributed by atoms with van der Waals surface area (Å²) in [5.41, 5.74) is 0.769. The fourth-order valence-corrected chi connectivity index (χ4v) is 3.35. The van der Waals surface area contributed by atoms with Gasteiger partial charge >= 0.3 is 0 Å². The number of hydrogen-bond donors (Lipinski definition) is 0. The van der Waals surface area contributed by atoms with Crippen LogP contribution in [0.4, 0.5) is 0 Å². The number of likely N-dealkylation sites (N-methyl/N-ethyl adjacent to an activating group) is 1. The molecular formula is C18H23NO4S. The van der Waals surface area contributed by atoms with Crippen LogP contribution in [0.25, 0.3) is 0 Å². The van der Waals surface area contributed by atoms with Crippen molar-refractivity contribution in [2.75, 3.05) is 28.4 Å². The summed E-state index contributed by atoms with van der Waals surface area (Å²) in [6.45, 7) is 2.02. The van der Waals surface area contributed by atoms with Gasteiger partial charge in [-0.15, -0.1) is 11.3 Å². The lowest BCUT2D eigenvalue weighted by atomic mass is 10.1. The molecule has 1 unspecified atom stereocenters. The van der Waals surface area contributed by atoms with E-state index < -0.39 is 0 Å². The number of methoxy groups -OCH3 is 3. The molecule has 0 fully saturated rings. The van der Waals surface area contributed by atoms with Gasteiger partial charge in [-0.25, -0.2) is 0 Å². The molecule has 2 rings (SSSR count). The molecule has 0 aliphatic heterocycles. The zero-order chi connectivity index (χ0) is 17.7. The van der Waals surface area contributed by atoms with Crippen LogP contribution in [0.3, 0.4) is 0 Å². The topological polar surface area (TPSA) is 48.0 Å². The monoisotopic (exact) mass is 349 g/mol. The minimum atomic E-state index is 0.0152. The summed E-state index contributed by atoms with van der Waals surface area (Å²) in [7, 11) is 6.50. The Balaban J connectivity index is 2.22. The van der Waals surface area contributed by atoms with Gasteiger partial charge < -0.3 is 19.1 Å². The number of benzene rings is 1. The van der Waals surface area contributed by atoms with Gasteiger partial charge in [0.1, 0.15) is 0 Å². The molecule has 1 atom stereocenters. The van der Waals surface area contributed by atoms with E-state index in [9.17, 15) is 4.79 Å². The lowest BCUT2D eigenvalue weighted by Crippen LogP contribution is -2.30. The van der Waals surface area contributed by atoms with Crippen LogP contribution >= 0.6 is 11.3 Å². The maximum Gasteiger partial charge on any atom is 0.227 e. The van der Waals surface area contributed by atoms with E-state index in [1.54, 1.807) is 43.6 Å². The van der Waals surface area contributed by atoms with Gasteiger partial charge in [0, 0.05) is 17.5 Å². The van der Waals surface area contributed by atoms with E-state index in [1.165, 1.54) is 0 Å². The molecule has 6 heteroatoms. The molecule has 1 amide bonds. The second-order valence-electron chi connectivity index (χ2n) is 5.37. The largest absolute Gasteiger partial charge is 0.493 e. The standard InChI is InChI=1S/C18H23NO4S/c1-12(15-7-6-10-24-15)19(2)16(20)11-13-8-9-14(21-3)18(23-5)17(13)22-4/h6-10,12H,11H2,1-5H3. The Morgan fingerprint density at radius 2 is 1.83 bits per heavy atom. The number of ether oxygens (including phenoxy) is 3. The quantitative estimate of drug-likeness (QED) is 0.767. The average molecular weight is 349 g/mol. The smallest absolute Gasteiger partial charge is 0.227 e. The van der Waals surface area contributed by atoms with Crippen molar-refractivity contribution in [2.45, 2.75) is 19.4 Å². The molecule has 0 saturated heterocycles. The van der Waals surface area contributed by atoms with Crippen molar-refractivity contribution in [1.29, 1.82) is 0 Å². The second kappa shape index (κ2) is 8.06. The van der Waals surface area contributed by atoms with Crippen molar-refractivity contribution < 1.29 is 19.0 Å². The van der Waals surface area contributed by atoms with E-state index in [-0.39, 0.29) is 18.4 Å². The van der Waals surface area contributed by atoms with E-state index >= 15 is 0 Å². The van der Waals surface area contributed by atoms with Crippen LogP contribution in [-0.2, 0) is 11.2 Å². The Hall–Kier alpha value is -2.21. The zero-order valence-electron chi connectivity index (χ0n) is 14.7. The maximum atomic E-state index is 12.7. The van der Waals surface area contributed by atoms with Gasteiger partial charge in [0.25, 0.3) is 0 Å². The summed E-state index contributed by atoms with van der Waals surface area (Å²) in [5, 5.41) is 2.02. The van der Waals surface area contributed by atoms with Crippen LogP contribution in [0.5, 0.6) is 17.2 Å². The van der Waals surface area contributed by atoms with Gasteiger partial charge in [-0.05, 0) is 24.4 Å². The van der Waals surface area contributed by atoms with Gasteiger partial charge in [0.05, 0.1) is 33.8 Å². The number of carbonyl (C=O) groups excluding carboxylic acids is 1. The van der Waals surface area contributed by atoms with Crippen LogP contribution in [0.15, 0.2) is 29.6 Å². The minimum absolute atomic E-state index is 0.0152. The van der Waals surface area contributed by atoms with Crippen molar-refractivity contribution in [3.05, 3.63) is 40.1 Å². The summed E-state index contributed by atoms with van der Waals surface area (Å²) < 4.78 is 16.1. The predicted molar refractivity (Wildman–Crippen MR) is 95.3 cm³/mol. The molecular weight excluding hydrogens is 326 g/mol. The van der Waals surface area contributed by atoms with Crippen molar-refractivity contribution in [2.24, 2.45) is 0 Å². The third-order valence-corrected chi connectivity index (χ3v) is 5.10. The Bertz CT molecular complexity index is 685. The Labute approximate surface area is 146 Å². The highest BCUT2D eigenvalue weighted by atomic mass is 32.1. The highest BCUT2D eigenvalue weighted by molar-refractivity contribution is 7.10. The summed E-state index contributed by atoms with van der Waals surface area (Å²) >= 11 is 1.65. The first kappa shape index (κ1) is 18.1. The van der Waals surface area contributed by atoms with Crippen molar-refractivity contribution in [1.82, 2.24) is 4.90 Å². The number of carbonyl (C=O) groups is 1. The molecule has 0 radical (unpaired) electrons. The molecule has 130 valence electrons. The summed E-state index contributed by atoms with van der Waals surface area (Å²) in [5.74, 6) is 1.62. The Kier molecular flexibility index (Phi) is 6.09. The van der Waals surface area contributed by atoms with Crippen molar-refractivity contribution in [3.63, 3.8) is 0 Å². The first-order valence-electron chi connectivity index (χ1n) is 7.60.